The molecule has 1 saturated heterocycles. The Kier molecular flexibility index (Phi) is 3.92. The molecule has 1 heterocycles. The second-order valence-corrected chi connectivity index (χ2v) is 5.46. The van der Waals surface area contributed by atoms with Crippen LogP contribution in [0.2, 0.25) is 0 Å². The molecule has 0 aromatic heterocycles. The monoisotopic (exact) mass is 256 g/mol. The van der Waals surface area contributed by atoms with Crippen LogP contribution in [0.4, 0.5) is 0 Å². The van der Waals surface area contributed by atoms with Crippen molar-refractivity contribution in [3.63, 3.8) is 0 Å². The Hall–Kier alpha value is -1.79. The fourth-order valence-electron chi connectivity index (χ4n) is 2.52. The van der Waals surface area contributed by atoms with E-state index in [2.05, 4.69) is 25.7 Å². The molecule has 0 unspecified atom stereocenters. The van der Waals surface area contributed by atoms with Gasteiger partial charge in [0.1, 0.15) is 0 Å². The van der Waals surface area contributed by atoms with E-state index in [1.807, 2.05) is 29.2 Å². The van der Waals surface area contributed by atoms with Crippen molar-refractivity contribution in [2.45, 2.75) is 32.2 Å². The molecule has 0 bridgehead atoms. The SMILES string of the molecule is CC1(C)CCCN1C(=O)c1cccc(C#CCN)c1. The molecule has 3 nitrogen and oxygen atoms in total. The number of nitrogens with zero attached hydrogens (tertiary/aromatic N) is 1. The number of hydrogen-bond donors (Lipinski definition) is 1. The van der Waals surface area contributed by atoms with Gasteiger partial charge in [-0.15, -0.1) is 0 Å². The number of rotatable bonds is 1. The van der Waals surface area contributed by atoms with E-state index in [9.17, 15) is 4.79 Å². The zero-order chi connectivity index (χ0) is 13.9. The van der Waals surface area contributed by atoms with Gasteiger partial charge in [-0.1, -0.05) is 17.9 Å². The fourth-order valence-corrected chi connectivity index (χ4v) is 2.52. The number of hydrogen-bond acceptors (Lipinski definition) is 2. The molecule has 2 N–H and O–H groups in total. The highest BCUT2D eigenvalue weighted by molar-refractivity contribution is 5.95. The van der Waals surface area contributed by atoms with Crippen molar-refractivity contribution in [3.05, 3.63) is 35.4 Å². The lowest BCUT2D eigenvalue weighted by atomic mass is 10.0. The molecule has 0 aliphatic carbocycles. The molecule has 1 aromatic rings. The summed E-state index contributed by atoms with van der Waals surface area (Å²) in [6.07, 6.45) is 2.14. The smallest absolute Gasteiger partial charge is 0.254 e. The lowest BCUT2D eigenvalue weighted by Gasteiger charge is -2.31. The van der Waals surface area contributed by atoms with Gasteiger partial charge in [0.05, 0.1) is 6.54 Å². The fraction of sp³-hybridized carbons (Fsp3) is 0.438. The topological polar surface area (TPSA) is 46.3 Å². The molecule has 1 amide bonds. The van der Waals surface area contributed by atoms with E-state index < -0.39 is 0 Å². The Balaban J connectivity index is 2.24. The van der Waals surface area contributed by atoms with Crippen LogP contribution in [0.15, 0.2) is 24.3 Å². The standard InChI is InChI=1S/C16H20N2O/c1-16(2)9-5-11-18(16)15(19)14-8-3-6-13(12-14)7-4-10-17/h3,6,8,12H,5,9-11,17H2,1-2H3. The molecule has 1 fully saturated rings. The van der Waals surface area contributed by atoms with Gasteiger partial charge in [-0.3, -0.25) is 4.79 Å². The predicted molar refractivity (Wildman–Crippen MR) is 76.7 cm³/mol. The summed E-state index contributed by atoms with van der Waals surface area (Å²) in [5.41, 5.74) is 6.86. The highest BCUT2D eigenvalue weighted by Crippen LogP contribution is 2.29. The Morgan fingerprint density at radius 2 is 2.26 bits per heavy atom. The summed E-state index contributed by atoms with van der Waals surface area (Å²) in [4.78, 5) is 14.5. The highest BCUT2D eigenvalue weighted by atomic mass is 16.2. The summed E-state index contributed by atoms with van der Waals surface area (Å²) < 4.78 is 0. The first-order valence-corrected chi connectivity index (χ1v) is 6.65. The highest BCUT2D eigenvalue weighted by Gasteiger charge is 2.35. The molecule has 0 saturated carbocycles. The summed E-state index contributed by atoms with van der Waals surface area (Å²) in [5, 5.41) is 0. The van der Waals surface area contributed by atoms with Crippen LogP contribution in [-0.4, -0.2) is 29.4 Å². The van der Waals surface area contributed by atoms with Crippen LogP contribution in [0.5, 0.6) is 0 Å². The van der Waals surface area contributed by atoms with Gasteiger partial charge in [-0.2, -0.15) is 0 Å². The third-order valence-electron chi connectivity index (χ3n) is 3.59. The minimum absolute atomic E-state index is 0.0456. The van der Waals surface area contributed by atoms with Crippen LogP contribution in [0.25, 0.3) is 0 Å². The maximum absolute atomic E-state index is 12.5. The van der Waals surface area contributed by atoms with Gasteiger partial charge in [-0.05, 0) is 44.9 Å². The number of amides is 1. The lowest BCUT2D eigenvalue weighted by molar-refractivity contribution is 0.0652. The molecule has 0 spiro atoms. The van der Waals surface area contributed by atoms with Crippen molar-refractivity contribution in [1.29, 1.82) is 0 Å². The van der Waals surface area contributed by atoms with Gasteiger partial charge in [-0.25, -0.2) is 0 Å². The van der Waals surface area contributed by atoms with E-state index in [-0.39, 0.29) is 11.4 Å². The van der Waals surface area contributed by atoms with Crippen LogP contribution in [0.1, 0.15) is 42.6 Å². The number of likely N-dealkylation sites (tertiary alicyclic amines) is 1. The summed E-state index contributed by atoms with van der Waals surface area (Å²) in [6.45, 7) is 5.41. The molecule has 19 heavy (non-hydrogen) atoms. The maximum atomic E-state index is 12.5. The molecule has 1 aromatic carbocycles. The largest absolute Gasteiger partial charge is 0.334 e. The quantitative estimate of drug-likeness (QED) is 0.781. The van der Waals surface area contributed by atoms with Gasteiger partial charge in [0.15, 0.2) is 0 Å². The molecular formula is C16H20N2O. The van der Waals surface area contributed by atoms with Crippen LogP contribution < -0.4 is 5.73 Å². The number of carbonyl (C=O) groups excluding carboxylic acids is 1. The van der Waals surface area contributed by atoms with E-state index in [0.717, 1.165) is 24.9 Å². The van der Waals surface area contributed by atoms with Gasteiger partial charge in [0.25, 0.3) is 5.91 Å². The summed E-state index contributed by atoms with van der Waals surface area (Å²) in [7, 11) is 0. The molecule has 1 aliphatic heterocycles. The average molecular weight is 256 g/mol. The first-order chi connectivity index (χ1) is 9.04. The third-order valence-corrected chi connectivity index (χ3v) is 3.59. The Bertz CT molecular complexity index is 537. The minimum Gasteiger partial charge on any atom is -0.334 e. The zero-order valence-corrected chi connectivity index (χ0v) is 11.6. The van der Waals surface area contributed by atoms with Crippen molar-refractivity contribution in [2.24, 2.45) is 5.73 Å². The normalized spacial score (nSPS) is 16.9. The van der Waals surface area contributed by atoms with Gasteiger partial charge < -0.3 is 10.6 Å². The molecule has 3 heteroatoms. The van der Waals surface area contributed by atoms with Crippen molar-refractivity contribution in [1.82, 2.24) is 4.90 Å². The first kappa shape index (κ1) is 13.6. The van der Waals surface area contributed by atoms with E-state index in [1.54, 1.807) is 0 Å². The summed E-state index contributed by atoms with van der Waals surface area (Å²) in [5.74, 6) is 5.87. The van der Waals surface area contributed by atoms with Gasteiger partial charge in [0.2, 0.25) is 0 Å². The summed E-state index contributed by atoms with van der Waals surface area (Å²) in [6, 6.07) is 7.47. The number of carbonyl (C=O) groups is 1. The Morgan fingerprint density at radius 1 is 1.47 bits per heavy atom. The van der Waals surface area contributed by atoms with Crippen molar-refractivity contribution in [2.75, 3.05) is 13.1 Å². The van der Waals surface area contributed by atoms with Crippen LogP contribution >= 0.6 is 0 Å². The Morgan fingerprint density at radius 3 is 2.89 bits per heavy atom. The molecule has 2 rings (SSSR count). The second kappa shape index (κ2) is 5.46. The lowest BCUT2D eigenvalue weighted by Crippen LogP contribution is -2.42. The van der Waals surface area contributed by atoms with E-state index in [4.69, 9.17) is 5.73 Å². The van der Waals surface area contributed by atoms with Crippen LogP contribution in [0.3, 0.4) is 0 Å². The van der Waals surface area contributed by atoms with Crippen molar-refractivity contribution >= 4 is 5.91 Å². The maximum Gasteiger partial charge on any atom is 0.254 e. The third kappa shape index (κ3) is 2.97. The first-order valence-electron chi connectivity index (χ1n) is 6.65. The van der Waals surface area contributed by atoms with E-state index in [1.165, 1.54) is 0 Å². The minimum atomic E-state index is -0.0456. The van der Waals surface area contributed by atoms with Gasteiger partial charge in [0, 0.05) is 23.2 Å². The van der Waals surface area contributed by atoms with E-state index >= 15 is 0 Å². The summed E-state index contributed by atoms with van der Waals surface area (Å²) >= 11 is 0. The molecule has 0 atom stereocenters. The second-order valence-electron chi connectivity index (χ2n) is 5.46. The molecule has 100 valence electrons. The molecule has 1 aliphatic rings. The molecular weight excluding hydrogens is 236 g/mol. The number of nitrogens with two attached hydrogens (primary N) is 1. The zero-order valence-electron chi connectivity index (χ0n) is 11.6. The molecule has 0 radical (unpaired) electrons. The Labute approximate surface area is 114 Å². The average Bonchev–Trinajstić information content (AvgIpc) is 2.75. The van der Waals surface area contributed by atoms with Gasteiger partial charge >= 0.3 is 0 Å². The van der Waals surface area contributed by atoms with E-state index in [0.29, 0.717) is 12.1 Å². The number of benzene rings is 1. The van der Waals surface area contributed by atoms with Crippen LogP contribution in [-0.2, 0) is 0 Å². The predicted octanol–water partition coefficient (Wildman–Crippen LogP) is 2.01. The van der Waals surface area contributed by atoms with Crippen molar-refractivity contribution in [3.8, 4) is 11.8 Å². The van der Waals surface area contributed by atoms with Crippen molar-refractivity contribution < 1.29 is 4.79 Å². The van der Waals surface area contributed by atoms with Crippen LogP contribution in [0, 0.1) is 11.8 Å².